The third-order valence-corrected chi connectivity index (χ3v) is 4.81. The minimum Gasteiger partial charge on any atom is -0.377 e. The molecule has 0 bridgehead atoms. The Hall–Kier alpha value is -2.23. The Balaban J connectivity index is 2.25. The molecule has 3 aromatic carbocycles. The molecule has 0 aliphatic carbocycles. The summed E-state index contributed by atoms with van der Waals surface area (Å²) < 4.78 is 17.7. The topological polar surface area (TPSA) is 66.8 Å². The molecule has 3 rings (SSSR count). The smallest absolute Gasteiger partial charge is 0.325 e. The van der Waals surface area contributed by atoms with E-state index in [9.17, 15) is 14.6 Å². The molecule has 2 atom stereocenters. The van der Waals surface area contributed by atoms with Gasteiger partial charge in [-0.15, -0.1) is 0 Å². The van der Waals surface area contributed by atoms with E-state index in [1.807, 2.05) is 42.5 Å². The van der Waals surface area contributed by atoms with Gasteiger partial charge in [0, 0.05) is 6.66 Å². The summed E-state index contributed by atoms with van der Waals surface area (Å²) in [5.74, 6) is 0. The summed E-state index contributed by atoms with van der Waals surface area (Å²) in [5.41, 5.74) is 0.124. The lowest BCUT2D eigenvalue weighted by Crippen LogP contribution is -2.36. The van der Waals surface area contributed by atoms with Gasteiger partial charge in [0.2, 0.25) is 0 Å². The molecule has 3 aromatic rings. The second kappa shape index (κ2) is 7.56. The molecular formula is C21H21O4P. The number of rotatable bonds is 6. The van der Waals surface area contributed by atoms with Crippen LogP contribution in [0.1, 0.15) is 22.8 Å². The summed E-state index contributed by atoms with van der Waals surface area (Å²) in [6.07, 6.45) is -1.06. The van der Waals surface area contributed by atoms with Crippen molar-refractivity contribution in [3.8, 4) is 0 Å². The van der Waals surface area contributed by atoms with Gasteiger partial charge in [0.05, 0.1) is 0 Å². The molecule has 0 aromatic heterocycles. The van der Waals surface area contributed by atoms with Crippen molar-refractivity contribution in [2.24, 2.45) is 0 Å². The molecule has 0 saturated carbocycles. The van der Waals surface area contributed by atoms with Gasteiger partial charge in [-0.25, -0.2) is 0 Å². The molecule has 0 heterocycles. The number of hydrogen-bond acceptors (Lipinski definition) is 3. The average Bonchev–Trinajstić information content (AvgIpc) is 2.67. The van der Waals surface area contributed by atoms with E-state index >= 15 is 0 Å². The highest BCUT2D eigenvalue weighted by Crippen LogP contribution is 2.51. The van der Waals surface area contributed by atoms with Crippen LogP contribution in [-0.4, -0.2) is 16.7 Å². The average molecular weight is 368 g/mol. The third kappa shape index (κ3) is 3.95. The predicted molar refractivity (Wildman–Crippen MR) is 102 cm³/mol. The van der Waals surface area contributed by atoms with Crippen molar-refractivity contribution in [2.75, 3.05) is 6.66 Å². The Kier molecular flexibility index (Phi) is 5.40. The quantitative estimate of drug-likeness (QED) is 0.629. The molecule has 0 amide bonds. The molecule has 134 valence electrons. The van der Waals surface area contributed by atoms with Crippen LogP contribution >= 0.6 is 7.60 Å². The van der Waals surface area contributed by atoms with Gasteiger partial charge in [0.25, 0.3) is 0 Å². The highest BCUT2D eigenvalue weighted by Gasteiger charge is 2.44. The van der Waals surface area contributed by atoms with Crippen LogP contribution in [0.4, 0.5) is 0 Å². The highest BCUT2D eigenvalue weighted by molar-refractivity contribution is 7.51. The van der Waals surface area contributed by atoms with Crippen LogP contribution in [0.2, 0.25) is 0 Å². The molecular weight excluding hydrogens is 347 g/mol. The van der Waals surface area contributed by atoms with Gasteiger partial charge >= 0.3 is 7.60 Å². The first kappa shape index (κ1) is 18.6. The molecule has 0 radical (unpaired) electrons. The van der Waals surface area contributed by atoms with Crippen molar-refractivity contribution in [1.82, 2.24) is 0 Å². The van der Waals surface area contributed by atoms with E-state index in [-0.39, 0.29) is 0 Å². The summed E-state index contributed by atoms with van der Waals surface area (Å²) in [6, 6.07) is 27.1. The highest BCUT2D eigenvalue weighted by atomic mass is 31.2. The van der Waals surface area contributed by atoms with Crippen molar-refractivity contribution >= 4 is 7.60 Å². The van der Waals surface area contributed by atoms with Crippen LogP contribution < -0.4 is 0 Å². The Morgan fingerprint density at radius 3 is 1.58 bits per heavy atom. The first-order chi connectivity index (χ1) is 12.4. The summed E-state index contributed by atoms with van der Waals surface area (Å²) in [5, 5.41) is 11.9. The largest absolute Gasteiger partial charge is 0.377 e. The fourth-order valence-corrected chi connectivity index (χ4v) is 3.72. The van der Waals surface area contributed by atoms with Crippen molar-refractivity contribution in [1.29, 1.82) is 0 Å². The van der Waals surface area contributed by atoms with Crippen molar-refractivity contribution in [3.63, 3.8) is 0 Å². The molecule has 2 unspecified atom stereocenters. The summed E-state index contributed by atoms with van der Waals surface area (Å²) in [7, 11) is -3.88. The molecule has 0 saturated heterocycles. The molecule has 26 heavy (non-hydrogen) atoms. The van der Waals surface area contributed by atoms with Gasteiger partial charge in [-0.2, -0.15) is 0 Å². The first-order valence-electron chi connectivity index (χ1n) is 8.28. The van der Waals surface area contributed by atoms with E-state index in [0.29, 0.717) is 16.7 Å². The normalized spacial score (nSPS) is 15.2. The minimum absolute atomic E-state index is 0.577. The van der Waals surface area contributed by atoms with Gasteiger partial charge < -0.3 is 10.00 Å². The molecule has 5 heteroatoms. The number of aliphatic hydroxyl groups is 1. The van der Waals surface area contributed by atoms with Crippen LogP contribution in [0.25, 0.3) is 0 Å². The molecule has 0 aliphatic rings. The Bertz CT molecular complexity index is 836. The lowest BCUT2D eigenvalue weighted by molar-refractivity contribution is -0.0410. The van der Waals surface area contributed by atoms with Gasteiger partial charge in [0.1, 0.15) is 11.7 Å². The van der Waals surface area contributed by atoms with Crippen molar-refractivity contribution < 1.29 is 19.1 Å². The van der Waals surface area contributed by atoms with E-state index in [2.05, 4.69) is 0 Å². The zero-order valence-electron chi connectivity index (χ0n) is 14.4. The van der Waals surface area contributed by atoms with E-state index in [1.165, 1.54) is 0 Å². The monoisotopic (exact) mass is 368 g/mol. The SMILES string of the molecule is CP(=O)(O)OC(c1ccccc1)C(O)(c1ccccc1)c1ccccc1. The van der Waals surface area contributed by atoms with Crippen LogP contribution in [-0.2, 0) is 14.7 Å². The van der Waals surface area contributed by atoms with Crippen LogP contribution in [0.3, 0.4) is 0 Å². The third-order valence-electron chi connectivity index (χ3n) is 4.21. The van der Waals surface area contributed by atoms with Crippen molar-refractivity contribution in [2.45, 2.75) is 11.7 Å². The van der Waals surface area contributed by atoms with Crippen molar-refractivity contribution in [3.05, 3.63) is 108 Å². The lowest BCUT2D eigenvalue weighted by atomic mass is 9.79. The summed E-state index contributed by atoms with van der Waals surface area (Å²) in [6.45, 7) is 1.12. The number of hydrogen-bond donors (Lipinski definition) is 2. The fourth-order valence-electron chi connectivity index (χ4n) is 3.06. The Morgan fingerprint density at radius 2 is 1.19 bits per heavy atom. The molecule has 0 spiro atoms. The zero-order valence-corrected chi connectivity index (χ0v) is 15.3. The summed E-state index contributed by atoms with van der Waals surface area (Å²) in [4.78, 5) is 9.93. The molecule has 2 N–H and O–H groups in total. The molecule has 0 aliphatic heterocycles. The second-order valence-electron chi connectivity index (χ2n) is 6.20. The van der Waals surface area contributed by atoms with Crippen LogP contribution in [0.15, 0.2) is 91.0 Å². The number of benzene rings is 3. The second-order valence-corrected chi connectivity index (χ2v) is 8.01. The standard InChI is InChI=1S/C21H21O4P/c1-26(23,24)25-20(17-11-5-2-6-12-17)21(22,18-13-7-3-8-14-18)19-15-9-4-10-16-19/h2-16,20,22H,1H3,(H,23,24). The maximum atomic E-state index is 12.1. The van der Waals surface area contributed by atoms with E-state index in [0.717, 1.165) is 6.66 Å². The minimum atomic E-state index is -3.88. The van der Waals surface area contributed by atoms with Gasteiger partial charge in [0.15, 0.2) is 0 Å². The maximum absolute atomic E-state index is 12.1. The van der Waals surface area contributed by atoms with E-state index in [1.54, 1.807) is 48.5 Å². The van der Waals surface area contributed by atoms with E-state index < -0.39 is 19.3 Å². The Morgan fingerprint density at radius 1 is 0.808 bits per heavy atom. The van der Waals surface area contributed by atoms with Crippen LogP contribution in [0, 0.1) is 0 Å². The lowest BCUT2D eigenvalue weighted by Gasteiger charge is -2.37. The van der Waals surface area contributed by atoms with Gasteiger partial charge in [-0.05, 0) is 16.7 Å². The summed E-state index contributed by atoms with van der Waals surface area (Å²) >= 11 is 0. The maximum Gasteiger partial charge on any atom is 0.325 e. The van der Waals surface area contributed by atoms with Crippen LogP contribution in [0.5, 0.6) is 0 Å². The van der Waals surface area contributed by atoms with Gasteiger partial charge in [-0.1, -0.05) is 91.0 Å². The predicted octanol–water partition coefficient (Wildman–Crippen LogP) is 4.50. The molecule has 0 fully saturated rings. The van der Waals surface area contributed by atoms with E-state index in [4.69, 9.17) is 4.52 Å². The molecule has 4 nitrogen and oxygen atoms in total. The fraction of sp³-hybridized carbons (Fsp3) is 0.143. The van der Waals surface area contributed by atoms with Gasteiger partial charge in [-0.3, -0.25) is 9.09 Å². The Labute approximate surface area is 153 Å². The first-order valence-corrected chi connectivity index (χ1v) is 10.3. The zero-order chi connectivity index (χ0) is 18.6.